The van der Waals surface area contributed by atoms with Crippen molar-refractivity contribution in [3.63, 3.8) is 0 Å². The Kier molecular flexibility index (Phi) is 4.67. The van der Waals surface area contributed by atoms with E-state index in [0.29, 0.717) is 10.6 Å². The van der Waals surface area contributed by atoms with Crippen molar-refractivity contribution in [2.45, 2.75) is 37.3 Å². The molecule has 162 valence electrons. The lowest BCUT2D eigenvalue weighted by atomic mass is 9.61. The van der Waals surface area contributed by atoms with Gasteiger partial charge in [-0.1, -0.05) is 24.3 Å². The Labute approximate surface area is 184 Å². The molecule has 2 amide bonds. The number of thiazole rings is 1. The van der Waals surface area contributed by atoms with Gasteiger partial charge in [0.2, 0.25) is 0 Å². The van der Waals surface area contributed by atoms with Crippen LogP contribution in [0.1, 0.15) is 24.5 Å². The Bertz CT molecular complexity index is 1180. The fraction of sp³-hybridized carbons (Fsp3) is 0.391. The average Bonchev–Trinajstić information content (AvgIpc) is 3.12. The number of rotatable bonds is 2. The summed E-state index contributed by atoms with van der Waals surface area (Å²) in [6.45, 7) is 3.13. The van der Waals surface area contributed by atoms with Crippen molar-refractivity contribution >= 4 is 32.7 Å². The molecule has 8 heteroatoms. The summed E-state index contributed by atoms with van der Waals surface area (Å²) in [4.78, 5) is 21.7. The maximum absolute atomic E-state index is 13.5. The van der Waals surface area contributed by atoms with E-state index in [9.17, 15) is 14.3 Å². The van der Waals surface area contributed by atoms with Gasteiger partial charge in [-0.2, -0.15) is 0 Å². The molecule has 0 spiro atoms. The molecule has 1 aliphatic carbocycles. The number of likely N-dealkylation sites (N-methyl/N-ethyl adjacent to an activating group) is 2. The highest BCUT2D eigenvalue weighted by Crippen LogP contribution is 2.47. The Morgan fingerprint density at radius 3 is 2.97 bits per heavy atom. The molecular weight excluding hydrogens is 415 g/mol. The number of halogens is 1. The molecule has 5 rings (SSSR count). The molecule has 0 saturated carbocycles. The number of amides is 2. The third-order valence-corrected chi connectivity index (χ3v) is 7.96. The Morgan fingerprint density at radius 1 is 1.35 bits per heavy atom. The Hall–Kier alpha value is -2.71. The predicted molar refractivity (Wildman–Crippen MR) is 120 cm³/mol. The van der Waals surface area contributed by atoms with E-state index in [2.05, 4.69) is 29.2 Å². The number of aromatic nitrogens is 1. The zero-order valence-corrected chi connectivity index (χ0v) is 18.5. The largest absolute Gasteiger partial charge is 0.508 e. The highest BCUT2D eigenvalue weighted by molar-refractivity contribution is 7.22. The van der Waals surface area contributed by atoms with Crippen molar-refractivity contribution in [3.8, 4) is 5.75 Å². The van der Waals surface area contributed by atoms with Crippen molar-refractivity contribution in [1.29, 1.82) is 0 Å². The van der Waals surface area contributed by atoms with Crippen LogP contribution < -0.4 is 5.32 Å². The van der Waals surface area contributed by atoms with Crippen LogP contribution in [0.5, 0.6) is 5.75 Å². The Balaban J connectivity index is 1.46. The summed E-state index contributed by atoms with van der Waals surface area (Å²) in [6.07, 6.45) is 1.71. The van der Waals surface area contributed by atoms with Crippen LogP contribution >= 0.6 is 11.3 Å². The van der Waals surface area contributed by atoms with E-state index < -0.39 is 0 Å². The fourth-order valence-electron chi connectivity index (χ4n) is 5.39. The second-order valence-corrected chi connectivity index (χ2v) is 9.91. The summed E-state index contributed by atoms with van der Waals surface area (Å²) in [6, 6.07) is 9.92. The summed E-state index contributed by atoms with van der Waals surface area (Å²) in [5, 5.41) is 13.5. The quantitative estimate of drug-likeness (QED) is 0.627. The molecular formula is C23H25FN4O2S. The Morgan fingerprint density at radius 2 is 2.16 bits per heavy atom. The number of phenols is 1. The van der Waals surface area contributed by atoms with Crippen LogP contribution in [0.3, 0.4) is 0 Å². The van der Waals surface area contributed by atoms with E-state index in [1.54, 1.807) is 17.0 Å². The molecule has 2 aromatic carbocycles. The van der Waals surface area contributed by atoms with Gasteiger partial charge in [0.1, 0.15) is 11.6 Å². The van der Waals surface area contributed by atoms with Gasteiger partial charge in [-0.05, 0) is 61.8 Å². The second kappa shape index (κ2) is 7.17. The summed E-state index contributed by atoms with van der Waals surface area (Å²) in [5.41, 5.74) is 2.62. The fourth-order valence-corrected chi connectivity index (χ4v) is 6.23. The maximum Gasteiger partial charge on any atom is 0.323 e. The minimum atomic E-state index is -0.347. The van der Waals surface area contributed by atoms with Crippen LogP contribution in [-0.2, 0) is 11.8 Å². The number of likely N-dealkylation sites (tertiary alicyclic amines) is 1. The van der Waals surface area contributed by atoms with E-state index in [1.165, 1.54) is 29.0 Å². The van der Waals surface area contributed by atoms with Crippen molar-refractivity contribution < 1.29 is 14.3 Å². The number of carbonyl (C=O) groups is 1. The van der Waals surface area contributed by atoms with E-state index in [0.717, 1.165) is 29.6 Å². The van der Waals surface area contributed by atoms with Crippen molar-refractivity contribution in [2.24, 2.45) is 0 Å². The number of benzene rings is 2. The number of fused-ring (bicyclic) bond motifs is 5. The normalized spacial score (nSPS) is 25.3. The summed E-state index contributed by atoms with van der Waals surface area (Å²) in [5.74, 6) is -0.0920. The molecule has 6 nitrogen and oxygen atoms in total. The number of aromatic hydroxyl groups is 1. The van der Waals surface area contributed by atoms with Crippen LogP contribution in [0, 0.1) is 5.82 Å². The smallest absolute Gasteiger partial charge is 0.323 e. The lowest BCUT2D eigenvalue weighted by molar-refractivity contribution is 0.0213. The van der Waals surface area contributed by atoms with Gasteiger partial charge in [-0.3, -0.25) is 5.32 Å². The molecule has 2 heterocycles. The maximum atomic E-state index is 13.5. The molecule has 2 N–H and O–H groups in total. The van der Waals surface area contributed by atoms with Crippen LogP contribution in [0.2, 0.25) is 0 Å². The summed E-state index contributed by atoms with van der Waals surface area (Å²) >= 11 is 1.33. The molecule has 0 unspecified atom stereocenters. The van der Waals surface area contributed by atoms with E-state index in [-0.39, 0.29) is 35.1 Å². The van der Waals surface area contributed by atoms with Crippen LogP contribution in [0.4, 0.5) is 14.3 Å². The lowest BCUT2D eigenvalue weighted by Crippen LogP contribution is -2.67. The minimum absolute atomic E-state index is 0.0626. The number of phenolic OH excluding ortho intramolecular Hbond substituents is 1. The molecule has 31 heavy (non-hydrogen) atoms. The molecule has 1 aliphatic heterocycles. The molecule has 3 atom stereocenters. The number of hydrogen-bond acceptors (Lipinski definition) is 5. The molecule has 1 fully saturated rings. The van der Waals surface area contributed by atoms with Crippen molar-refractivity contribution in [2.75, 3.05) is 26.0 Å². The molecule has 2 bridgehead atoms. The molecule has 2 aliphatic rings. The van der Waals surface area contributed by atoms with Crippen LogP contribution in [0.25, 0.3) is 10.2 Å². The number of carbonyl (C=O) groups excluding carboxylic acids is 1. The van der Waals surface area contributed by atoms with Crippen LogP contribution in [0.15, 0.2) is 36.4 Å². The number of anilines is 1. The van der Waals surface area contributed by atoms with Gasteiger partial charge >= 0.3 is 6.03 Å². The van der Waals surface area contributed by atoms with Gasteiger partial charge in [-0.25, -0.2) is 14.2 Å². The van der Waals surface area contributed by atoms with Crippen LogP contribution in [-0.4, -0.2) is 58.6 Å². The number of nitrogens with one attached hydrogen (secondary N) is 1. The van der Waals surface area contributed by atoms with Gasteiger partial charge in [0.15, 0.2) is 5.13 Å². The molecule has 1 aromatic heterocycles. The second-order valence-electron chi connectivity index (χ2n) is 8.88. The summed E-state index contributed by atoms with van der Waals surface area (Å²) in [7, 11) is 3.93. The first-order chi connectivity index (χ1) is 14.8. The van der Waals surface area contributed by atoms with Gasteiger partial charge in [0.05, 0.1) is 16.3 Å². The highest BCUT2D eigenvalue weighted by Gasteiger charge is 2.52. The van der Waals surface area contributed by atoms with Crippen molar-refractivity contribution in [1.82, 2.24) is 14.8 Å². The highest BCUT2D eigenvalue weighted by atomic mass is 32.1. The van der Waals surface area contributed by atoms with Gasteiger partial charge in [-0.15, -0.1) is 0 Å². The predicted octanol–water partition coefficient (Wildman–Crippen LogP) is 4.19. The number of nitrogens with zero attached hydrogens (tertiary/aromatic N) is 3. The van der Waals surface area contributed by atoms with Crippen molar-refractivity contribution in [3.05, 3.63) is 53.3 Å². The SMILES string of the molecule is CN1CC[C@]2(C)c3cc(O)ccc3C[C@@H]1[C@@H]2N(C)C(=O)Nc1nc2cc(F)ccc2s1. The van der Waals surface area contributed by atoms with Gasteiger partial charge in [0.25, 0.3) is 0 Å². The minimum Gasteiger partial charge on any atom is -0.508 e. The van der Waals surface area contributed by atoms with Gasteiger partial charge < -0.3 is 14.9 Å². The topological polar surface area (TPSA) is 68.7 Å². The summed E-state index contributed by atoms with van der Waals surface area (Å²) < 4.78 is 14.3. The average molecular weight is 441 g/mol. The molecule has 1 saturated heterocycles. The van der Waals surface area contributed by atoms with E-state index >= 15 is 0 Å². The third kappa shape index (κ3) is 3.25. The number of urea groups is 1. The number of hydrogen-bond donors (Lipinski definition) is 2. The monoisotopic (exact) mass is 440 g/mol. The van der Waals surface area contributed by atoms with E-state index in [4.69, 9.17) is 0 Å². The first-order valence-electron chi connectivity index (χ1n) is 10.4. The first-order valence-corrected chi connectivity index (χ1v) is 11.2. The third-order valence-electron chi connectivity index (χ3n) is 7.01. The van der Waals surface area contributed by atoms with E-state index in [1.807, 2.05) is 19.2 Å². The number of piperidine rings is 1. The zero-order valence-electron chi connectivity index (χ0n) is 17.7. The standard InChI is InChI=1S/C23H25FN4O2S/c1-23-8-9-27(2)18(10-13-4-6-15(29)12-16(13)23)20(23)28(3)22(30)26-21-25-17-11-14(24)5-7-19(17)31-21/h4-7,11-12,18,20,29H,8-10H2,1-3H3,(H,25,26,30)/t18-,20+,23-/m1/s1. The first kappa shape index (κ1) is 20.2. The molecule has 0 radical (unpaired) electrons. The lowest BCUT2D eigenvalue weighted by Gasteiger charge is -2.57. The zero-order chi connectivity index (χ0) is 21.9. The molecule has 3 aromatic rings. The van der Waals surface area contributed by atoms with Gasteiger partial charge in [0, 0.05) is 24.6 Å².